The number of benzene rings is 1. The van der Waals surface area contributed by atoms with Gasteiger partial charge in [-0.15, -0.1) is 11.8 Å². The van der Waals surface area contributed by atoms with Gasteiger partial charge in [0.25, 0.3) is 0 Å². The zero-order valence-electron chi connectivity index (χ0n) is 17.3. The Balaban J connectivity index is 1.60. The van der Waals surface area contributed by atoms with Crippen LogP contribution in [-0.4, -0.2) is 78.7 Å². The molecule has 1 aromatic carbocycles. The van der Waals surface area contributed by atoms with Gasteiger partial charge in [-0.2, -0.15) is 0 Å². The zero-order chi connectivity index (χ0) is 22.2. The Hall–Kier alpha value is -2.14. The Bertz CT molecular complexity index is 786. The number of carbonyl (C=O) groups excluding carboxylic acids is 1. The van der Waals surface area contributed by atoms with Gasteiger partial charge in [0.05, 0.1) is 18.3 Å². The Morgan fingerprint density at radius 3 is 2.71 bits per heavy atom. The van der Waals surface area contributed by atoms with Gasteiger partial charge in [0.2, 0.25) is 5.91 Å². The van der Waals surface area contributed by atoms with E-state index in [1.165, 1.54) is 16.7 Å². The third-order valence-electron chi connectivity index (χ3n) is 5.53. The topological polar surface area (TPSA) is 128 Å². The van der Waals surface area contributed by atoms with E-state index in [1.807, 2.05) is 12.1 Å². The van der Waals surface area contributed by atoms with Crippen LogP contribution in [0.1, 0.15) is 19.3 Å². The van der Waals surface area contributed by atoms with Crippen LogP contribution in [0.15, 0.2) is 29.2 Å². The molecule has 2 heterocycles. The van der Waals surface area contributed by atoms with Crippen molar-refractivity contribution in [3.05, 3.63) is 24.3 Å². The number of fused-ring (bicyclic) bond motifs is 1. The van der Waals surface area contributed by atoms with Crippen molar-refractivity contribution in [3.63, 3.8) is 0 Å². The van der Waals surface area contributed by atoms with E-state index < -0.39 is 36.5 Å². The zero-order valence-corrected chi connectivity index (χ0v) is 18.1. The highest BCUT2D eigenvalue weighted by atomic mass is 32.2. The molecule has 10 heteroatoms. The molecule has 1 amide bonds. The van der Waals surface area contributed by atoms with Crippen molar-refractivity contribution in [1.82, 2.24) is 10.6 Å². The van der Waals surface area contributed by atoms with Gasteiger partial charge in [-0.1, -0.05) is 12.1 Å². The van der Waals surface area contributed by atoms with E-state index in [0.717, 1.165) is 37.2 Å². The summed E-state index contributed by atoms with van der Waals surface area (Å²) in [6.45, 7) is 1.93. The first kappa shape index (κ1) is 23.5. The monoisotopic (exact) mass is 451 g/mol. The van der Waals surface area contributed by atoms with Gasteiger partial charge in [-0.3, -0.25) is 24.6 Å². The first-order valence-corrected chi connectivity index (χ1v) is 11.5. The number of amides is 1. The number of thioether (sulfide) groups is 1. The molecule has 0 spiro atoms. The molecule has 0 saturated carbocycles. The highest BCUT2D eigenvalue weighted by Gasteiger charge is 2.34. The summed E-state index contributed by atoms with van der Waals surface area (Å²) in [6, 6.07) is 5.18. The molecule has 1 aromatic rings. The van der Waals surface area contributed by atoms with Crippen LogP contribution in [0, 0.1) is 5.92 Å². The van der Waals surface area contributed by atoms with Crippen molar-refractivity contribution in [2.24, 2.45) is 5.92 Å². The van der Waals surface area contributed by atoms with Crippen molar-refractivity contribution in [1.29, 1.82) is 0 Å². The minimum absolute atomic E-state index is 0.0549. The first-order chi connectivity index (χ1) is 15.0. The molecular formula is C21H29N3O6S. The van der Waals surface area contributed by atoms with E-state index >= 15 is 0 Å². The van der Waals surface area contributed by atoms with Crippen LogP contribution in [0.4, 0.5) is 5.69 Å². The van der Waals surface area contributed by atoms with Crippen LogP contribution >= 0.6 is 11.8 Å². The van der Waals surface area contributed by atoms with Crippen LogP contribution in [0.25, 0.3) is 0 Å². The van der Waals surface area contributed by atoms with Crippen LogP contribution in [0.3, 0.4) is 0 Å². The number of carboxylic acid groups (broad SMARTS) is 2. The molecular weight excluding hydrogens is 422 g/mol. The second kappa shape index (κ2) is 11.5. The maximum absolute atomic E-state index is 13.1. The Kier molecular flexibility index (Phi) is 8.70. The van der Waals surface area contributed by atoms with Gasteiger partial charge in [-0.25, -0.2) is 0 Å². The molecule has 2 aliphatic rings. The minimum Gasteiger partial charge on any atom is -0.480 e. The third kappa shape index (κ3) is 6.67. The predicted molar refractivity (Wildman–Crippen MR) is 117 cm³/mol. The van der Waals surface area contributed by atoms with Gasteiger partial charge in [0, 0.05) is 17.3 Å². The molecule has 0 bridgehead atoms. The van der Waals surface area contributed by atoms with E-state index in [1.54, 1.807) is 12.1 Å². The number of rotatable bonds is 10. The van der Waals surface area contributed by atoms with E-state index in [-0.39, 0.29) is 6.61 Å². The molecule has 0 aromatic heterocycles. The SMILES string of the molecule is O=C(O)CN1C(=O)[C@@H](N[C@@H](COCCC2CCNCC2)C(=O)O)CSc2ccccc21. The normalized spacial score (nSPS) is 20.7. The van der Waals surface area contributed by atoms with E-state index in [9.17, 15) is 24.6 Å². The number of aliphatic carboxylic acids is 2. The Morgan fingerprint density at radius 2 is 2.00 bits per heavy atom. The fraction of sp³-hybridized carbons (Fsp3) is 0.571. The second-order valence-corrected chi connectivity index (χ2v) is 8.83. The predicted octanol–water partition coefficient (Wildman–Crippen LogP) is 1.03. The van der Waals surface area contributed by atoms with Gasteiger partial charge in [0.15, 0.2) is 0 Å². The minimum atomic E-state index is -1.13. The summed E-state index contributed by atoms with van der Waals surface area (Å²) in [6.07, 6.45) is 3.07. The summed E-state index contributed by atoms with van der Waals surface area (Å²) < 4.78 is 5.63. The van der Waals surface area contributed by atoms with E-state index in [0.29, 0.717) is 24.0 Å². The fourth-order valence-electron chi connectivity index (χ4n) is 3.83. The number of nitrogens with one attached hydrogen (secondary N) is 2. The van der Waals surface area contributed by atoms with Crippen molar-refractivity contribution in [2.45, 2.75) is 36.2 Å². The van der Waals surface area contributed by atoms with Crippen LogP contribution in [0.2, 0.25) is 0 Å². The molecule has 9 nitrogen and oxygen atoms in total. The van der Waals surface area contributed by atoms with Gasteiger partial charge >= 0.3 is 11.9 Å². The quantitative estimate of drug-likeness (QED) is 0.386. The standard InChI is InChI=1S/C21H29N3O6S/c25-19(26)11-24-17-3-1-2-4-18(17)31-13-16(20(24)27)23-15(21(28)29)12-30-10-7-14-5-8-22-9-6-14/h1-4,14-16,22-23H,5-13H2,(H,25,26)(H,28,29)/t15-,16-/m0/s1. The number of anilines is 1. The maximum Gasteiger partial charge on any atom is 0.323 e. The Labute approximate surface area is 185 Å². The lowest BCUT2D eigenvalue weighted by molar-refractivity contribution is -0.142. The van der Waals surface area contributed by atoms with Crippen LogP contribution < -0.4 is 15.5 Å². The van der Waals surface area contributed by atoms with Crippen molar-refractivity contribution < 1.29 is 29.3 Å². The fourth-order valence-corrected chi connectivity index (χ4v) is 4.91. The van der Waals surface area contributed by atoms with Gasteiger partial charge < -0.3 is 20.3 Å². The van der Waals surface area contributed by atoms with E-state index in [2.05, 4.69) is 10.6 Å². The molecule has 1 saturated heterocycles. The number of piperidine rings is 1. The average molecular weight is 452 g/mol. The summed E-state index contributed by atoms with van der Waals surface area (Å²) in [5.41, 5.74) is 0.522. The van der Waals surface area contributed by atoms with Crippen LogP contribution in [0.5, 0.6) is 0 Å². The van der Waals surface area contributed by atoms with Gasteiger partial charge in [0.1, 0.15) is 12.6 Å². The van der Waals surface area contributed by atoms with Crippen LogP contribution in [-0.2, 0) is 19.1 Å². The lowest BCUT2D eigenvalue weighted by Crippen LogP contribution is -2.55. The molecule has 0 unspecified atom stereocenters. The number of carbonyl (C=O) groups is 3. The number of hydrogen-bond acceptors (Lipinski definition) is 7. The molecule has 2 atom stereocenters. The molecule has 2 aliphatic heterocycles. The molecule has 4 N–H and O–H groups in total. The molecule has 0 aliphatic carbocycles. The first-order valence-electron chi connectivity index (χ1n) is 10.5. The summed E-state index contributed by atoms with van der Waals surface area (Å²) in [4.78, 5) is 38.2. The van der Waals surface area contributed by atoms with Crippen molar-refractivity contribution >= 4 is 35.3 Å². The third-order valence-corrected chi connectivity index (χ3v) is 6.69. The largest absolute Gasteiger partial charge is 0.480 e. The number of carboxylic acids is 2. The van der Waals surface area contributed by atoms with Crippen molar-refractivity contribution in [3.8, 4) is 0 Å². The van der Waals surface area contributed by atoms with E-state index in [4.69, 9.17) is 4.74 Å². The summed E-state index contributed by atoms with van der Waals surface area (Å²) in [7, 11) is 0. The Morgan fingerprint density at radius 1 is 1.26 bits per heavy atom. The second-order valence-electron chi connectivity index (χ2n) is 7.76. The lowest BCUT2D eigenvalue weighted by atomic mass is 9.95. The number of ether oxygens (including phenoxy) is 1. The van der Waals surface area contributed by atoms with Gasteiger partial charge in [-0.05, 0) is 50.4 Å². The summed E-state index contributed by atoms with van der Waals surface area (Å²) >= 11 is 1.40. The highest BCUT2D eigenvalue weighted by molar-refractivity contribution is 7.99. The molecule has 3 rings (SSSR count). The highest BCUT2D eigenvalue weighted by Crippen LogP contribution is 2.34. The smallest absolute Gasteiger partial charge is 0.323 e. The number of nitrogens with zero attached hydrogens (tertiary/aromatic N) is 1. The lowest BCUT2D eigenvalue weighted by Gasteiger charge is -2.26. The number of hydrogen-bond donors (Lipinski definition) is 4. The summed E-state index contributed by atoms with van der Waals surface area (Å²) in [5, 5.41) is 25.1. The summed E-state index contributed by atoms with van der Waals surface area (Å²) in [5.74, 6) is -1.82. The average Bonchev–Trinajstić information content (AvgIpc) is 2.88. The molecule has 31 heavy (non-hydrogen) atoms. The molecule has 0 radical (unpaired) electrons. The molecule has 1 fully saturated rings. The number of para-hydroxylation sites is 1. The van der Waals surface area contributed by atoms with Crippen molar-refractivity contribution in [2.75, 3.05) is 43.5 Å². The molecule has 170 valence electrons. The maximum atomic E-state index is 13.1.